The molecule has 1 N–H and O–H groups in total. The van der Waals surface area contributed by atoms with Gasteiger partial charge in [-0.05, 0) is 62.9 Å². The third kappa shape index (κ3) is 4.75. The van der Waals surface area contributed by atoms with Gasteiger partial charge in [0.1, 0.15) is 12.4 Å². The minimum atomic E-state index is -1.14. The minimum Gasteiger partial charge on any atom is -0.489 e. The lowest BCUT2D eigenvalue weighted by Crippen LogP contribution is -2.54. The van der Waals surface area contributed by atoms with Crippen LogP contribution in [0.15, 0.2) is 61.3 Å². The zero-order valence-corrected chi connectivity index (χ0v) is 20.6. The highest BCUT2D eigenvalue weighted by molar-refractivity contribution is 6.07. The van der Waals surface area contributed by atoms with Crippen molar-refractivity contribution in [3.8, 4) is 5.75 Å². The van der Waals surface area contributed by atoms with Crippen molar-refractivity contribution >= 4 is 11.9 Å². The molecule has 8 heteroatoms. The number of piperidine rings is 1. The molecular weight excluding hydrogens is 456 g/mol. The zero-order valence-electron chi connectivity index (χ0n) is 20.6. The van der Waals surface area contributed by atoms with Crippen LogP contribution in [0.4, 0.5) is 4.79 Å². The number of ether oxygens (including phenoxy) is 2. The molecule has 3 aliphatic heterocycles. The third-order valence-electron chi connectivity index (χ3n) is 7.53. The fourth-order valence-electron chi connectivity index (χ4n) is 5.70. The van der Waals surface area contributed by atoms with Gasteiger partial charge in [-0.3, -0.25) is 19.6 Å². The first-order valence-electron chi connectivity index (χ1n) is 12.8. The second-order valence-electron chi connectivity index (χ2n) is 9.76. The molecule has 2 aromatic rings. The van der Waals surface area contributed by atoms with Crippen LogP contribution in [0.3, 0.4) is 0 Å². The standard InChI is InChI=1S/C28H34N4O4/c1-2-17-36-24-10-4-3-8-21(24)19-31-15-12-22(13-16-31)28(25-11-5-6-14-29-25)26(33)32(27(34)30-28)20-23-9-7-18-35-23/h2-6,8,10-11,14,22-23H,1,7,9,12-13,15-20H2,(H,30,34). The number of hydrogen-bond acceptors (Lipinski definition) is 6. The van der Waals surface area contributed by atoms with Crippen LogP contribution in [0.1, 0.15) is 36.9 Å². The lowest BCUT2D eigenvalue weighted by atomic mass is 9.75. The molecule has 8 nitrogen and oxygen atoms in total. The van der Waals surface area contributed by atoms with Crippen molar-refractivity contribution in [3.63, 3.8) is 0 Å². The number of amides is 3. The Labute approximate surface area is 212 Å². The molecule has 1 aromatic carbocycles. The molecule has 3 fully saturated rings. The fourth-order valence-corrected chi connectivity index (χ4v) is 5.70. The van der Waals surface area contributed by atoms with E-state index in [9.17, 15) is 9.59 Å². The largest absolute Gasteiger partial charge is 0.489 e. The highest BCUT2D eigenvalue weighted by atomic mass is 16.5. The predicted octanol–water partition coefficient (Wildman–Crippen LogP) is 3.48. The van der Waals surface area contributed by atoms with Crippen molar-refractivity contribution in [1.82, 2.24) is 20.1 Å². The minimum absolute atomic E-state index is 0.0538. The SMILES string of the molecule is C=CCOc1ccccc1CN1CCC(C2(c3ccccn3)NC(=O)N(CC3CCCO3)C2=O)CC1. The lowest BCUT2D eigenvalue weighted by molar-refractivity contribution is -0.135. The van der Waals surface area contributed by atoms with Gasteiger partial charge in [0.05, 0.1) is 18.3 Å². The van der Waals surface area contributed by atoms with Crippen LogP contribution in [-0.2, 0) is 21.6 Å². The number of para-hydroxylation sites is 1. The molecule has 3 amide bonds. The summed E-state index contributed by atoms with van der Waals surface area (Å²) in [5, 5.41) is 3.10. The van der Waals surface area contributed by atoms with Gasteiger partial charge in [-0.25, -0.2) is 4.79 Å². The maximum atomic E-state index is 14.0. The van der Waals surface area contributed by atoms with E-state index in [4.69, 9.17) is 9.47 Å². The third-order valence-corrected chi connectivity index (χ3v) is 7.53. The quantitative estimate of drug-likeness (QED) is 0.428. The predicted molar refractivity (Wildman–Crippen MR) is 135 cm³/mol. The van der Waals surface area contributed by atoms with Crippen molar-refractivity contribution in [2.75, 3.05) is 32.8 Å². The van der Waals surface area contributed by atoms with Crippen LogP contribution in [0, 0.1) is 5.92 Å². The first-order valence-corrected chi connectivity index (χ1v) is 12.8. The molecule has 2 unspecified atom stereocenters. The summed E-state index contributed by atoms with van der Waals surface area (Å²) in [5.41, 5.74) is 0.596. The Morgan fingerprint density at radius 2 is 1.94 bits per heavy atom. The summed E-state index contributed by atoms with van der Waals surface area (Å²) in [4.78, 5) is 35.3. The molecule has 0 saturated carbocycles. The van der Waals surface area contributed by atoms with E-state index in [1.807, 2.05) is 36.4 Å². The van der Waals surface area contributed by atoms with Crippen LogP contribution in [-0.4, -0.2) is 65.7 Å². The molecule has 5 rings (SSSR count). The first kappa shape index (κ1) is 24.5. The monoisotopic (exact) mass is 490 g/mol. The van der Waals surface area contributed by atoms with Crippen LogP contribution in [0.25, 0.3) is 0 Å². The molecule has 190 valence electrons. The number of pyridine rings is 1. The van der Waals surface area contributed by atoms with Gasteiger partial charge in [0.2, 0.25) is 0 Å². The van der Waals surface area contributed by atoms with Crippen LogP contribution in [0.2, 0.25) is 0 Å². The Hall–Kier alpha value is -3.23. The number of imide groups is 1. The molecule has 4 heterocycles. The van der Waals surface area contributed by atoms with Crippen LogP contribution >= 0.6 is 0 Å². The van der Waals surface area contributed by atoms with E-state index in [2.05, 4.69) is 27.8 Å². The van der Waals surface area contributed by atoms with E-state index in [-0.39, 0.29) is 24.0 Å². The van der Waals surface area contributed by atoms with Crippen LogP contribution < -0.4 is 10.1 Å². The number of carbonyl (C=O) groups excluding carboxylic acids is 2. The van der Waals surface area contributed by atoms with Gasteiger partial charge < -0.3 is 14.8 Å². The number of aromatic nitrogens is 1. The molecule has 0 radical (unpaired) electrons. The van der Waals surface area contributed by atoms with Crippen molar-refractivity contribution in [3.05, 3.63) is 72.6 Å². The number of likely N-dealkylation sites (tertiary alicyclic amines) is 1. The normalized spacial score (nSPS) is 25.2. The van der Waals surface area contributed by atoms with Gasteiger partial charge in [0.25, 0.3) is 5.91 Å². The van der Waals surface area contributed by atoms with Crippen molar-refractivity contribution in [2.24, 2.45) is 5.92 Å². The molecule has 2 atom stereocenters. The average molecular weight is 491 g/mol. The Kier molecular flexibility index (Phi) is 7.34. The molecular formula is C28H34N4O4. The van der Waals surface area contributed by atoms with Crippen molar-refractivity contribution < 1.29 is 19.1 Å². The number of carbonyl (C=O) groups is 2. The number of nitrogens with one attached hydrogen (secondary N) is 1. The topological polar surface area (TPSA) is 84.0 Å². The van der Waals surface area contributed by atoms with E-state index < -0.39 is 5.54 Å². The van der Waals surface area contributed by atoms with E-state index in [0.717, 1.165) is 56.6 Å². The Morgan fingerprint density at radius 3 is 2.67 bits per heavy atom. The van der Waals surface area contributed by atoms with Gasteiger partial charge in [0, 0.05) is 24.9 Å². The summed E-state index contributed by atoms with van der Waals surface area (Å²) in [7, 11) is 0. The highest BCUT2D eigenvalue weighted by Gasteiger charge is 2.58. The van der Waals surface area contributed by atoms with Crippen molar-refractivity contribution in [1.29, 1.82) is 0 Å². The Bertz CT molecular complexity index is 1080. The van der Waals surface area contributed by atoms with Gasteiger partial charge in [0.15, 0.2) is 5.54 Å². The summed E-state index contributed by atoms with van der Waals surface area (Å²) in [6, 6.07) is 13.3. The molecule has 0 bridgehead atoms. The summed E-state index contributed by atoms with van der Waals surface area (Å²) in [5.74, 6) is 0.609. The average Bonchev–Trinajstić information content (AvgIpc) is 3.52. The van der Waals surface area contributed by atoms with E-state index in [0.29, 0.717) is 25.5 Å². The number of rotatable bonds is 9. The summed E-state index contributed by atoms with van der Waals surface area (Å²) in [6.07, 6.45) is 6.70. The van der Waals surface area contributed by atoms with Gasteiger partial charge in [-0.1, -0.05) is 36.9 Å². The van der Waals surface area contributed by atoms with Crippen molar-refractivity contribution in [2.45, 2.75) is 43.9 Å². The smallest absolute Gasteiger partial charge is 0.325 e. The molecule has 3 aliphatic rings. The zero-order chi connectivity index (χ0) is 25.0. The summed E-state index contributed by atoms with van der Waals surface area (Å²) < 4.78 is 11.6. The second-order valence-corrected chi connectivity index (χ2v) is 9.76. The van der Waals surface area contributed by atoms with Crippen LogP contribution in [0.5, 0.6) is 5.75 Å². The maximum absolute atomic E-state index is 14.0. The highest BCUT2D eigenvalue weighted by Crippen LogP contribution is 2.41. The molecule has 3 saturated heterocycles. The Balaban J connectivity index is 1.33. The van der Waals surface area contributed by atoms with Gasteiger partial charge in [-0.2, -0.15) is 0 Å². The molecule has 0 aliphatic carbocycles. The van der Waals surface area contributed by atoms with E-state index in [1.54, 1.807) is 12.3 Å². The number of urea groups is 1. The molecule has 1 aromatic heterocycles. The van der Waals surface area contributed by atoms with E-state index >= 15 is 0 Å². The number of hydrogen-bond donors (Lipinski definition) is 1. The van der Waals surface area contributed by atoms with Gasteiger partial charge in [-0.15, -0.1) is 0 Å². The second kappa shape index (κ2) is 10.8. The Morgan fingerprint density at radius 1 is 1.14 bits per heavy atom. The fraction of sp³-hybridized carbons (Fsp3) is 0.464. The van der Waals surface area contributed by atoms with Gasteiger partial charge >= 0.3 is 6.03 Å². The number of benzene rings is 1. The molecule has 36 heavy (non-hydrogen) atoms. The summed E-state index contributed by atoms with van der Waals surface area (Å²) >= 11 is 0. The maximum Gasteiger partial charge on any atom is 0.325 e. The lowest BCUT2D eigenvalue weighted by Gasteiger charge is -2.40. The number of nitrogens with zero attached hydrogens (tertiary/aromatic N) is 3. The van der Waals surface area contributed by atoms with E-state index in [1.165, 1.54) is 4.90 Å². The molecule has 0 spiro atoms. The summed E-state index contributed by atoms with van der Waals surface area (Å²) in [6.45, 7) is 7.56. The first-order chi connectivity index (χ1) is 17.6.